The molecule has 0 aromatic rings. The van der Waals surface area contributed by atoms with E-state index in [0.717, 1.165) is 13.0 Å². The summed E-state index contributed by atoms with van der Waals surface area (Å²) in [5.74, 6) is -1.31. The molecule has 0 aromatic heterocycles. The van der Waals surface area contributed by atoms with Crippen molar-refractivity contribution in [2.45, 2.75) is 6.92 Å². The fraction of sp³-hybridized carbons (Fsp3) is 0.200. The van der Waals surface area contributed by atoms with Crippen LogP contribution in [0.3, 0.4) is 0 Å². The Balaban J connectivity index is -0.0000000910. The van der Waals surface area contributed by atoms with Gasteiger partial charge in [-0.15, -0.1) is 0 Å². The maximum absolute atomic E-state index is 9.47. The second kappa shape index (κ2) is 11.5. The van der Waals surface area contributed by atoms with Crippen LogP contribution in [0.1, 0.15) is 6.92 Å². The van der Waals surface area contributed by atoms with Crippen LogP contribution in [0.5, 0.6) is 0 Å². The van der Waals surface area contributed by atoms with Crippen molar-refractivity contribution in [2.24, 2.45) is 5.73 Å². The Hall–Kier alpha value is -0.320. The fourth-order valence-electron chi connectivity index (χ4n) is 0. The van der Waals surface area contributed by atoms with E-state index < -0.39 is 11.9 Å². The molecule has 0 heterocycles. The predicted octanol–water partition coefficient (Wildman–Crippen LogP) is -0.900. The van der Waals surface area contributed by atoms with Crippen molar-refractivity contribution in [2.75, 3.05) is 0 Å². The molecule has 10 heavy (non-hydrogen) atoms. The number of aliphatic carboxylic acids is 1. The van der Waals surface area contributed by atoms with Gasteiger partial charge in [0, 0.05) is 6.92 Å². The number of carbonyl (C=O) groups is 2. The number of carbonyl (C=O) groups excluding carboxylic acids is 1. The Bertz CT molecular complexity index is 120. The van der Waals surface area contributed by atoms with Gasteiger partial charge in [-0.25, -0.2) is 0 Å². The van der Waals surface area contributed by atoms with Crippen molar-refractivity contribution in [3.63, 3.8) is 0 Å². The van der Waals surface area contributed by atoms with Gasteiger partial charge in [0.05, 0.1) is 0 Å². The van der Waals surface area contributed by atoms with E-state index in [0.29, 0.717) is 0 Å². The predicted molar refractivity (Wildman–Crippen MR) is 39.9 cm³/mol. The third kappa shape index (κ3) is 121. The van der Waals surface area contributed by atoms with E-state index >= 15 is 0 Å². The Morgan fingerprint density at radius 2 is 1.70 bits per heavy atom. The summed E-state index contributed by atoms with van der Waals surface area (Å²) < 4.78 is 0. The minimum absolute atomic E-state index is 0. The Morgan fingerprint density at radius 1 is 1.60 bits per heavy atom. The number of carboxylic acids is 1. The Labute approximate surface area is 81.4 Å². The SMILES string of the molecule is C=CC(N)=O.CC(=O)O.[NaH]. The molecule has 0 saturated heterocycles. The van der Waals surface area contributed by atoms with E-state index in [4.69, 9.17) is 9.90 Å². The van der Waals surface area contributed by atoms with Crippen LogP contribution >= 0.6 is 0 Å². The van der Waals surface area contributed by atoms with Crippen LogP contribution in [0, 0.1) is 0 Å². The summed E-state index contributed by atoms with van der Waals surface area (Å²) in [4.78, 5) is 18.5. The van der Waals surface area contributed by atoms with Crippen molar-refractivity contribution in [3.8, 4) is 0 Å². The first kappa shape index (κ1) is 16.3. The molecule has 3 N–H and O–H groups in total. The van der Waals surface area contributed by atoms with Crippen molar-refractivity contribution in [3.05, 3.63) is 12.7 Å². The number of hydrogen-bond acceptors (Lipinski definition) is 2. The molecule has 54 valence electrons. The number of primary amides is 1. The number of carboxylic acid groups (broad SMARTS) is 1. The van der Waals surface area contributed by atoms with Gasteiger partial charge in [-0.1, -0.05) is 6.58 Å². The summed E-state index contributed by atoms with van der Waals surface area (Å²) in [6.45, 7) is 4.17. The molecule has 5 heteroatoms. The number of amides is 1. The van der Waals surface area contributed by atoms with Crippen LogP contribution in [0.4, 0.5) is 0 Å². The summed E-state index contributed by atoms with van der Waals surface area (Å²) in [6, 6.07) is 0. The molecule has 0 rings (SSSR count). The second-order valence-electron chi connectivity index (χ2n) is 1.13. The molecule has 0 spiro atoms. The number of nitrogens with two attached hydrogens (primary N) is 1. The van der Waals surface area contributed by atoms with Gasteiger partial charge in [0.25, 0.3) is 5.97 Å². The van der Waals surface area contributed by atoms with Crippen LogP contribution in [-0.2, 0) is 9.59 Å². The molecular weight excluding hydrogens is 145 g/mol. The van der Waals surface area contributed by atoms with Crippen LogP contribution in [0.25, 0.3) is 0 Å². The molecule has 0 radical (unpaired) electrons. The molecular formula is C5H10NNaO3. The molecule has 0 atom stereocenters. The van der Waals surface area contributed by atoms with Crippen molar-refractivity contribution in [1.82, 2.24) is 0 Å². The third-order valence-corrected chi connectivity index (χ3v) is 0.201. The van der Waals surface area contributed by atoms with Gasteiger partial charge in [-0.2, -0.15) is 0 Å². The summed E-state index contributed by atoms with van der Waals surface area (Å²) in [5.41, 5.74) is 4.53. The van der Waals surface area contributed by atoms with Crippen LogP contribution in [-0.4, -0.2) is 46.5 Å². The van der Waals surface area contributed by atoms with E-state index in [1.807, 2.05) is 0 Å². The summed E-state index contributed by atoms with van der Waals surface area (Å²) in [6.07, 6.45) is 1.06. The van der Waals surface area contributed by atoms with Gasteiger partial charge < -0.3 is 10.8 Å². The van der Waals surface area contributed by atoms with E-state index in [1.54, 1.807) is 0 Å². The normalized spacial score (nSPS) is 5.70. The molecule has 4 nitrogen and oxygen atoms in total. The average Bonchev–Trinajstić information content (AvgIpc) is 1.65. The zero-order valence-electron chi connectivity index (χ0n) is 5.13. The van der Waals surface area contributed by atoms with Gasteiger partial charge in [-0.05, 0) is 6.08 Å². The van der Waals surface area contributed by atoms with Gasteiger partial charge in [0.2, 0.25) is 5.91 Å². The summed E-state index contributed by atoms with van der Waals surface area (Å²) in [5, 5.41) is 7.42. The van der Waals surface area contributed by atoms with E-state index in [-0.39, 0.29) is 29.6 Å². The van der Waals surface area contributed by atoms with Crippen molar-refractivity contribution < 1.29 is 14.7 Å². The van der Waals surface area contributed by atoms with Gasteiger partial charge in [0.15, 0.2) is 0 Å². The van der Waals surface area contributed by atoms with Crippen molar-refractivity contribution >= 4 is 41.4 Å². The summed E-state index contributed by atoms with van der Waals surface area (Å²) >= 11 is 0. The molecule has 0 bridgehead atoms. The van der Waals surface area contributed by atoms with Gasteiger partial charge in [0.1, 0.15) is 0 Å². The Kier molecular flexibility index (Phi) is 18.8. The number of hydrogen-bond donors (Lipinski definition) is 2. The average molecular weight is 155 g/mol. The van der Waals surface area contributed by atoms with Gasteiger partial charge >= 0.3 is 29.6 Å². The van der Waals surface area contributed by atoms with E-state index in [1.165, 1.54) is 0 Å². The molecule has 0 aliphatic rings. The third-order valence-electron chi connectivity index (χ3n) is 0.201. The van der Waals surface area contributed by atoms with Gasteiger partial charge in [-0.3, -0.25) is 9.59 Å². The maximum atomic E-state index is 9.47. The zero-order valence-corrected chi connectivity index (χ0v) is 5.13. The standard InChI is InChI=1S/C3H5NO.C2H4O2.Na.H/c1-2-3(4)5;1-2(3)4;;/h2H,1H2,(H2,4,5);1H3,(H,3,4);;. The molecule has 1 amide bonds. The van der Waals surface area contributed by atoms with E-state index in [9.17, 15) is 4.79 Å². The van der Waals surface area contributed by atoms with E-state index in [2.05, 4.69) is 12.3 Å². The first-order chi connectivity index (χ1) is 4.00. The molecule has 0 aliphatic carbocycles. The fourth-order valence-corrected chi connectivity index (χ4v) is 0. The monoisotopic (exact) mass is 155 g/mol. The minimum atomic E-state index is -0.833. The zero-order chi connectivity index (χ0) is 7.86. The number of rotatable bonds is 1. The second-order valence-corrected chi connectivity index (χ2v) is 1.13. The Morgan fingerprint density at radius 3 is 1.70 bits per heavy atom. The van der Waals surface area contributed by atoms with Crippen LogP contribution in [0.15, 0.2) is 12.7 Å². The molecule has 0 aromatic carbocycles. The topological polar surface area (TPSA) is 80.4 Å². The molecule has 0 fully saturated rings. The van der Waals surface area contributed by atoms with Crippen LogP contribution < -0.4 is 5.73 Å². The first-order valence-electron chi connectivity index (χ1n) is 2.12. The first-order valence-corrected chi connectivity index (χ1v) is 2.12. The molecule has 0 unspecified atom stereocenters. The van der Waals surface area contributed by atoms with Crippen LogP contribution in [0.2, 0.25) is 0 Å². The summed E-state index contributed by atoms with van der Waals surface area (Å²) in [7, 11) is 0. The molecule has 0 aliphatic heterocycles. The molecule has 0 saturated carbocycles. The van der Waals surface area contributed by atoms with Crippen molar-refractivity contribution in [1.29, 1.82) is 0 Å². The quantitative estimate of drug-likeness (QED) is 0.380.